The molecule has 3 heterocycles. The average Bonchev–Trinajstić information content (AvgIpc) is 3.16. The summed E-state index contributed by atoms with van der Waals surface area (Å²) in [5.41, 5.74) is 7.04. The molecular formula is C18H20N6O2S. The van der Waals surface area contributed by atoms with Gasteiger partial charge in [-0.1, -0.05) is 30.3 Å². The zero-order valence-electron chi connectivity index (χ0n) is 15.3. The topological polar surface area (TPSA) is 108 Å². The van der Waals surface area contributed by atoms with Gasteiger partial charge >= 0.3 is 6.03 Å². The number of carbonyl (C=O) groups is 1. The van der Waals surface area contributed by atoms with Crippen LogP contribution in [0.15, 0.2) is 41.3 Å². The number of benzene rings is 1. The zero-order chi connectivity index (χ0) is 19.6. The highest BCUT2D eigenvalue weighted by molar-refractivity contribution is 7.19. The van der Waals surface area contributed by atoms with Crippen LogP contribution in [0, 0.1) is 6.92 Å². The second-order valence-electron chi connectivity index (χ2n) is 5.91. The molecule has 0 unspecified atom stereocenters. The van der Waals surface area contributed by atoms with Crippen molar-refractivity contribution in [2.75, 3.05) is 7.05 Å². The number of rotatable bonds is 2. The highest BCUT2D eigenvalue weighted by Crippen LogP contribution is 2.30. The maximum Gasteiger partial charge on any atom is 0.311 e. The molecule has 1 aromatic carbocycles. The lowest BCUT2D eigenvalue weighted by Crippen LogP contribution is -2.24. The number of nitrogens with one attached hydrogen (secondary N) is 1. The minimum atomic E-state index is -0.495. The summed E-state index contributed by atoms with van der Waals surface area (Å²) in [5, 5.41) is 8.39. The molecule has 0 saturated heterocycles. The molecule has 27 heavy (non-hydrogen) atoms. The van der Waals surface area contributed by atoms with Crippen LogP contribution in [-0.4, -0.2) is 32.4 Å². The number of thiazole rings is 1. The molecule has 140 valence electrons. The van der Waals surface area contributed by atoms with Gasteiger partial charge in [-0.2, -0.15) is 5.10 Å². The van der Waals surface area contributed by atoms with Crippen LogP contribution in [0.4, 0.5) is 4.79 Å². The van der Waals surface area contributed by atoms with Gasteiger partial charge in [0, 0.05) is 19.5 Å². The van der Waals surface area contributed by atoms with E-state index in [1.54, 1.807) is 17.5 Å². The number of carbonyl (C=O) groups excluding carboxylic acids is 1. The highest BCUT2D eigenvalue weighted by atomic mass is 32.1. The third-order valence-corrected chi connectivity index (χ3v) is 5.05. The Kier molecular flexibility index (Phi) is 5.22. The van der Waals surface area contributed by atoms with Gasteiger partial charge in [0.1, 0.15) is 5.52 Å². The second kappa shape index (κ2) is 7.58. The predicted octanol–water partition coefficient (Wildman–Crippen LogP) is 1.99. The largest absolute Gasteiger partial charge is 0.352 e. The average molecular weight is 384 g/mol. The van der Waals surface area contributed by atoms with Gasteiger partial charge in [0.15, 0.2) is 5.65 Å². The third-order valence-electron chi connectivity index (χ3n) is 4.05. The first-order chi connectivity index (χ1) is 12.9. The summed E-state index contributed by atoms with van der Waals surface area (Å²) in [7, 11) is 3.36. The van der Waals surface area contributed by atoms with E-state index < -0.39 is 6.03 Å². The Morgan fingerprint density at radius 1 is 1.30 bits per heavy atom. The third kappa shape index (κ3) is 3.68. The zero-order valence-corrected chi connectivity index (χ0v) is 16.1. The Hall–Kier alpha value is -3.20. The first kappa shape index (κ1) is 18.6. The first-order valence-corrected chi connectivity index (χ1v) is 9.06. The maximum atomic E-state index is 12.8. The summed E-state index contributed by atoms with van der Waals surface area (Å²) in [5.74, 6) is 0. The number of primary amides is 1. The fourth-order valence-corrected chi connectivity index (χ4v) is 3.72. The molecule has 0 aliphatic rings. The molecule has 4 aromatic rings. The minimum Gasteiger partial charge on any atom is -0.352 e. The van der Waals surface area contributed by atoms with Gasteiger partial charge in [-0.15, -0.1) is 11.3 Å². The number of hydrogen-bond donors (Lipinski definition) is 2. The van der Waals surface area contributed by atoms with Crippen molar-refractivity contribution in [3.05, 3.63) is 57.5 Å². The predicted molar refractivity (Wildman–Crippen MR) is 107 cm³/mol. The lowest BCUT2D eigenvalue weighted by atomic mass is 10.2. The Bertz CT molecular complexity index is 1160. The molecular weight excluding hydrogens is 364 g/mol. The number of amides is 2. The van der Waals surface area contributed by atoms with E-state index in [0.717, 1.165) is 26.3 Å². The van der Waals surface area contributed by atoms with Crippen molar-refractivity contribution in [3.63, 3.8) is 0 Å². The van der Waals surface area contributed by atoms with E-state index in [-0.39, 0.29) is 5.56 Å². The first-order valence-electron chi connectivity index (χ1n) is 8.25. The van der Waals surface area contributed by atoms with Crippen LogP contribution < -0.4 is 16.6 Å². The van der Waals surface area contributed by atoms with Crippen LogP contribution in [0.25, 0.3) is 21.3 Å². The lowest BCUT2D eigenvalue weighted by Gasteiger charge is -2.05. The Balaban J connectivity index is 0.000000376. The quantitative estimate of drug-likeness (QED) is 0.551. The van der Waals surface area contributed by atoms with Gasteiger partial charge in [-0.05, 0) is 12.5 Å². The second-order valence-corrected chi connectivity index (χ2v) is 7.12. The van der Waals surface area contributed by atoms with Crippen LogP contribution in [-0.2, 0) is 13.6 Å². The number of nitrogens with two attached hydrogens (primary N) is 1. The van der Waals surface area contributed by atoms with E-state index >= 15 is 0 Å². The van der Waals surface area contributed by atoms with Crippen molar-refractivity contribution >= 4 is 38.6 Å². The van der Waals surface area contributed by atoms with Crippen LogP contribution in [0.3, 0.4) is 0 Å². The summed E-state index contributed by atoms with van der Waals surface area (Å²) in [6.07, 6.45) is 1.78. The van der Waals surface area contributed by atoms with Crippen molar-refractivity contribution in [2.24, 2.45) is 12.8 Å². The number of fused-ring (bicyclic) bond motifs is 3. The molecule has 0 aliphatic heterocycles. The van der Waals surface area contributed by atoms with Crippen molar-refractivity contribution in [1.82, 2.24) is 24.6 Å². The summed E-state index contributed by atoms with van der Waals surface area (Å²) in [6, 6.07) is 9.38. The molecule has 8 nitrogen and oxygen atoms in total. The Morgan fingerprint density at radius 3 is 2.59 bits per heavy atom. The van der Waals surface area contributed by atoms with Gasteiger partial charge in [0.2, 0.25) is 0 Å². The molecule has 2 amide bonds. The summed E-state index contributed by atoms with van der Waals surface area (Å²) >= 11 is 1.60. The van der Waals surface area contributed by atoms with E-state index in [1.165, 1.54) is 11.7 Å². The monoisotopic (exact) mass is 384 g/mol. The van der Waals surface area contributed by atoms with Crippen molar-refractivity contribution in [1.29, 1.82) is 0 Å². The lowest BCUT2D eigenvalue weighted by molar-refractivity contribution is 0.251. The number of urea groups is 1. The van der Waals surface area contributed by atoms with Crippen LogP contribution >= 0.6 is 11.3 Å². The van der Waals surface area contributed by atoms with Crippen LogP contribution in [0.1, 0.15) is 10.6 Å². The molecule has 0 fully saturated rings. The van der Waals surface area contributed by atoms with E-state index in [1.807, 2.05) is 48.9 Å². The van der Waals surface area contributed by atoms with Gasteiger partial charge in [0.25, 0.3) is 5.56 Å². The number of aromatic nitrogens is 4. The van der Waals surface area contributed by atoms with Gasteiger partial charge in [-0.3, -0.25) is 4.79 Å². The Morgan fingerprint density at radius 2 is 1.96 bits per heavy atom. The summed E-state index contributed by atoms with van der Waals surface area (Å²) in [4.78, 5) is 26.8. The number of hydrogen-bond acceptors (Lipinski definition) is 5. The molecule has 0 atom stereocenters. The van der Waals surface area contributed by atoms with Gasteiger partial charge < -0.3 is 15.6 Å². The summed E-state index contributed by atoms with van der Waals surface area (Å²) in [6.45, 7) is 2.45. The van der Waals surface area contributed by atoms with E-state index in [4.69, 9.17) is 0 Å². The van der Waals surface area contributed by atoms with E-state index in [2.05, 4.69) is 21.1 Å². The van der Waals surface area contributed by atoms with Crippen LogP contribution in [0.5, 0.6) is 0 Å². The standard InChI is InChI=1S/C16H14N4OS.C2H6N2O/c1-10-18-15-14(22-10)12-8-17-20(16(21)13(12)19(15)2)9-11-6-4-3-5-7-11;1-4-2(3)5/h3-8H,9H2,1-2H3;1H3,(H3,3,4,5). The Labute approximate surface area is 159 Å². The molecule has 0 aliphatic carbocycles. The molecule has 0 radical (unpaired) electrons. The van der Waals surface area contributed by atoms with E-state index in [0.29, 0.717) is 12.1 Å². The SMILES string of the molecule is CNC(N)=O.Cc1nc2c(s1)c1cnn(Cc3ccccc3)c(=O)c1n2C. The molecule has 0 spiro atoms. The minimum absolute atomic E-state index is 0.0771. The maximum absolute atomic E-state index is 12.8. The molecule has 3 aromatic heterocycles. The van der Waals surface area contributed by atoms with Crippen molar-refractivity contribution in [2.45, 2.75) is 13.5 Å². The number of nitrogens with zero attached hydrogens (tertiary/aromatic N) is 4. The smallest absolute Gasteiger partial charge is 0.311 e. The van der Waals surface area contributed by atoms with Crippen molar-refractivity contribution in [3.8, 4) is 0 Å². The number of aryl methyl sites for hydroxylation is 2. The molecule has 3 N–H and O–H groups in total. The van der Waals surface area contributed by atoms with Gasteiger partial charge in [-0.25, -0.2) is 14.5 Å². The van der Waals surface area contributed by atoms with Crippen LogP contribution in [0.2, 0.25) is 0 Å². The summed E-state index contributed by atoms with van der Waals surface area (Å²) < 4.78 is 4.42. The molecule has 0 bridgehead atoms. The fourth-order valence-electron chi connectivity index (χ4n) is 2.76. The van der Waals surface area contributed by atoms with Gasteiger partial charge in [0.05, 0.1) is 22.4 Å². The molecule has 0 saturated carbocycles. The molecule has 9 heteroatoms. The van der Waals surface area contributed by atoms with Crippen molar-refractivity contribution < 1.29 is 4.79 Å². The normalized spacial score (nSPS) is 10.6. The molecule has 4 rings (SSSR count). The fraction of sp³-hybridized carbons (Fsp3) is 0.222. The van der Waals surface area contributed by atoms with E-state index in [9.17, 15) is 9.59 Å². The highest BCUT2D eigenvalue weighted by Gasteiger charge is 2.17.